The van der Waals surface area contributed by atoms with Gasteiger partial charge < -0.3 is 10.4 Å². The number of hydrogen-bond donors (Lipinski definition) is 2. The fraction of sp³-hybridized carbons (Fsp3) is 0.143. The van der Waals surface area contributed by atoms with Crippen LogP contribution in [0.1, 0.15) is 17.3 Å². The van der Waals surface area contributed by atoms with Crippen molar-refractivity contribution in [2.45, 2.75) is 12.5 Å². The maximum Gasteiger partial charge on any atom is 0.138 e. The topological polar surface area (TPSA) is 32.3 Å². The van der Waals surface area contributed by atoms with Crippen molar-refractivity contribution in [3.05, 3.63) is 59.3 Å². The van der Waals surface area contributed by atoms with Crippen molar-refractivity contribution in [2.24, 2.45) is 0 Å². The van der Waals surface area contributed by atoms with Gasteiger partial charge in [0.1, 0.15) is 5.75 Å². The molecule has 1 aromatic carbocycles. The predicted molar refractivity (Wildman–Crippen MR) is 73.6 cm³/mol. The van der Waals surface area contributed by atoms with Crippen molar-refractivity contribution in [1.29, 1.82) is 0 Å². The number of phenols is 1. The molecule has 0 aliphatic carbocycles. The first-order chi connectivity index (χ1) is 8.31. The number of nitrogens with one attached hydrogen (secondary N) is 1. The molecule has 1 heterocycles. The van der Waals surface area contributed by atoms with Crippen molar-refractivity contribution in [2.75, 3.05) is 5.32 Å². The van der Waals surface area contributed by atoms with Crippen LogP contribution in [0.5, 0.6) is 5.75 Å². The molecule has 0 bridgehead atoms. The Labute approximate surface area is 105 Å². The number of para-hydroxylation sites is 2. The molecule has 0 aliphatic rings. The van der Waals surface area contributed by atoms with Crippen LogP contribution in [0.3, 0.4) is 0 Å². The van der Waals surface area contributed by atoms with Crippen LogP contribution in [0.4, 0.5) is 5.69 Å². The number of hydrogen-bond acceptors (Lipinski definition) is 3. The van der Waals surface area contributed by atoms with Crippen molar-refractivity contribution >= 4 is 17.0 Å². The molecule has 2 aromatic rings. The van der Waals surface area contributed by atoms with Crippen molar-refractivity contribution in [3.63, 3.8) is 0 Å². The molecule has 2 nitrogen and oxygen atoms in total. The molecular weight excluding hydrogens is 230 g/mol. The average molecular weight is 245 g/mol. The van der Waals surface area contributed by atoms with Crippen molar-refractivity contribution in [1.82, 2.24) is 0 Å². The van der Waals surface area contributed by atoms with Gasteiger partial charge in [0.15, 0.2) is 0 Å². The van der Waals surface area contributed by atoms with Crippen LogP contribution in [0.25, 0.3) is 0 Å². The van der Waals surface area contributed by atoms with Gasteiger partial charge in [-0.3, -0.25) is 0 Å². The standard InChI is InChI=1S/C14H15NOS/c1-2-6-12(14-9-5-10-17-14)15-11-7-3-4-8-13(11)16/h2-5,7-10,12,15-16H,1,6H2. The summed E-state index contributed by atoms with van der Waals surface area (Å²) in [5.74, 6) is 0.276. The number of aromatic hydroxyl groups is 1. The van der Waals surface area contributed by atoms with Crippen LogP contribution in [0.2, 0.25) is 0 Å². The summed E-state index contributed by atoms with van der Waals surface area (Å²) in [7, 11) is 0. The molecular formula is C14H15NOS. The third kappa shape index (κ3) is 2.88. The fourth-order valence-electron chi connectivity index (χ4n) is 1.69. The van der Waals surface area contributed by atoms with E-state index in [-0.39, 0.29) is 11.8 Å². The first-order valence-corrected chi connectivity index (χ1v) is 6.38. The molecule has 0 saturated carbocycles. The van der Waals surface area contributed by atoms with Gasteiger partial charge in [-0.1, -0.05) is 24.3 Å². The Morgan fingerprint density at radius 1 is 1.29 bits per heavy atom. The lowest BCUT2D eigenvalue weighted by atomic mass is 10.1. The van der Waals surface area contributed by atoms with Crippen LogP contribution in [-0.4, -0.2) is 5.11 Å². The molecule has 0 fully saturated rings. The highest BCUT2D eigenvalue weighted by Crippen LogP contribution is 2.30. The molecule has 88 valence electrons. The summed E-state index contributed by atoms with van der Waals surface area (Å²) < 4.78 is 0. The normalized spacial score (nSPS) is 12.0. The molecule has 2 rings (SSSR count). The smallest absolute Gasteiger partial charge is 0.138 e. The lowest BCUT2D eigenvalue weighted by Crippen LogP contribution is -2.08. The summed E-state index contributed by atoms with van der Waals surface area (Å²) in [5.41, 5.74) is 0.757. The lowest BCUT2D eigenvalue weighted by molar-refractivity contribution is 0.476. The highest BCUT2D eigenvalue weighted by atomic mass is 32.1. The second-order valence-corrected chi connectivity index (χ2v) is 4.73. The molecule has 0 amide bonds. The predicted octanol–water partition coefficient (Wildman–Crippen LogP) is 4.18. The number of benzene rings is 1. The molecule has 3 heteroatoms. The van der Waals surface area contributed by atoms with Gasteiger partial charge >= 0.3 is 0 Å². The Morgan fingerprint density at radius 3 is 2.76 bits per heavy atom. The van der Waals surface area contributed by atoms with Crippen LogP contribution in [-0.2, 0) is 0 Å². The van der Waals surface area contributed by atoms with Crippen LogP contribution in [0.15, 0.2) is 54.4 Å². The Morgan fingerprint density at radius 2 is 2.12 bits per heavy atom. The largest absolute Gasteiger partial charge is 0.506 e. The number of thiophene rings is 1. The van der Waals surface area contributed by atoms with Crippen LogP contribution in [0, 0.1) is 0 Å². The first kappa shape index (κ1) is 11.7. The van der Waals surface area contributed by atoms with E-state index in [0.717, 1.165) is 12.1 Å². The van der Waals surface area contributed by atoms with Gasteiger partial charge in [0.05, 0.1) is 11.7 Å². The van der Waals surface area contributed by atoms with Crippen LogP contribution < -0.4 is 5.32 Å². The molecule has 0 radical (unpaired) electrons. The minimum atomic E-state index is 0.167. The molecule has 0 saturated heterocycles. The summed E-state index contributed by atoms with van der Waals surface area (Å²) >= 11 is 1.70. The average Bonchev–Trinajstić information content (AvgIpc) is 2.85. The monoisotopic (exact) mass is 245 g/mol. The third-order valence-corrected chi connectivity index (χ3v) is 3.51. The lowest BCUT2D eigenvalue weighted by Gasteiger charge is -2.17. The Kier molecular flexibility index (Phi) is 3.83. The van der Waals surface area contributed by atoms with Crippen molar-refractivity contribution < 1.29 is 5.11 Å². The second kappa shape index (κ2) is 5.55. The fourth-order valence-corrected chi connectivity index (χ4v) is 2.48. The van der Waals surface area contributed by atoms with E-state index in [4.69, 9.17) is 0 Å². The minimum Gasteiger partial charge on any atom is -0.506 e. The van der Waals surface area contributed by atoms with E-state index in [2.05, 4.69) is 23.3 Å². The molecule has 17 heavy (non-hydrogen) atoms. The quantitative estimate of drug-likeness (QED) is 0.611. The molecule has 0 spiro atoms. The third-order valence-electron chi connectivity index (χ3n) is 2.52. The summed E-state index contributed by atoms with van der Waals surface area (Å²) in [4.78, 5) is 1.24. The van der Waals surface area contributed by atoms with E-state index in [1.165, 1.54) is 4.88 Å². The SMILES string of the molecule is C=CCC(Nc1ccccc1O)c1cccs1. The molecule has 2 N–H and O–H groups in total. The second-order valence-electron chi connectivity index (χ2n) is 3.75. The van der Waals surface area contributed by atoms with E-state index < -0.39 is 0 Å². The van der Waals surface area contributed by atoms with E-state index in [9.17, 15) is 5.11 Å². The van der Waals surface area contributed by atoms with Crippen molar-refractivity contribution in [3.8, 4) is 5.75 Å². The van der Waals surface area contributed by atoms with E-state index in [1.807, 2.05) is 30.3 Å². The highest BCUT2D eigenvalue weighted by Gasteiger charge is 2.12. The minimum absolute atomic E-state index is 0.167. The van der Waals surface area contributed by atoms with E-state index >= 15 is 0 Å². The Balaban J connectivity index is 2.19. The van der Waals surface area contributed by atoms with Gasteiger partial charge in [0.25, 0.3) is 0 Å². The maximum absolute atomic E-state index is 9.74. The summed E-state index contributed by atoms with van der Waals surface area (Å²) in [6, 6.07) is 11.6. The Hall–Kier alpha value is -1.74. The highest BCUT2D eigenvalue weighted by molar-refractivity contribution is 7.10. The Bertz CT molecular complexity index is 479. The summed E-state index contributed by atoms with van der Waals surface area (Å²) in [6.45, 7) is 3.78. The summed E-state index contributed by atoms with van der Waals surface area (Å²) in [6.07, 6.45) is 2.71. The van der Waals surface area contributed by atoms with E-state index in [1.54, 1.807) is 17.4 Å². The molecule has 0 aliphatic heterocycles. The zero-order chi connectivity index (χ0) is 12.1. The zero-order valence-corrected chi connectivity index (χ0v) is 10.3. The summed E-state index contributed by atoms with van der Waals surface area (Å²) in [5, 5.41) is 15.1. The van der Waals surface area contributed by atoms with Crippen LogP contribution >= 0.6 is 11.3 Å². The number of phenolic OH excluding ortho intramolecular Hbond substituents is 1. The first-order valence-electron chi connectivity index (χ1n) is 5.50. The van der Waals surface area contributed by atoms with Gasteiger partial charge in [-0.05, 0) is 30.0 Å². The van der Waals surface area contributed by atoms with Gasteiger partial charge in [-0.25, -0.2) is 0 Å². The zero-order valence-electron chi connectivity index (χ0n) is 9.47. The van der Waals surface area contributed by atoms with Gasteiger partial charge in [-0.15, -0.1) is 17.9 Å². The van der Waals surface area contributed by atoms with E-state index in [0.29, 0.717) is 0 Å². The molecule has 1 aromatic heterocycles. The van der Waals surface area contributed by atoms with Gasteiger partial charge in [0, 0.05) is 4.88 Å². The number of anilines is 1. The van der Waals surface area contributed by atoms with Gasteiger partial charge in [-0.2, -0.15) is 0 Å². The maximum atomic E-state index is 9.74. The number of rotatable bonds is 5. The van der Waals surface area contributed by atoms with Gasteiger partial charge in [0.2, 0.25) is 0 Å². The molecule has 1 unspecified atom stereocenters. The molecule has 1 atom stereocenters.